The lowest BCUT2D eigenvalue weighted by Crippen LogP contribution is -2.36. The summed E-state index contributed by atoms with van der Waals surface area (Å²) in [7, 11) is 0. The Morgan fingerprint density at radius 3 is 2.91 bits per heavy atom. The predicted molar refractivity (Wildman–Crippen MR) is 83.5 cm³/mol. The molecule has 118 valence electrons. The lowest BCUT2D eigenvalue weighted by Gasteiger charge is -2.22. The van der Waals surface area contributed by atoms with Crippen molar-refractivity contribution < 1.29 is 9.53 Å². The Hall–Kier alpha value is -2.29. The average molecular weight is 302 g/mol. The van der Waals surface area contributed by atoms with Gasteiger partial charge < -0.3 is 14.5 Å². The minimum atomic E-state index is -0.241. The molecular formula is C16H22N4O2. The van der Waals surface area contributed by atoms with Crippen LogP contribution in [0.1, 0.15) is 26.0 Å². The van der Waals surface area contributed by atoms with E-state index in [-0.39, 0.29) is 6.09 Å². The van der Waals surface area contributed by atoms with Crippen LogP contribution in [0.2, 0.25) is 0 Å². The first-order valence-electron chi connectivity index (χ1n) is 7.64. The first-order chi connectivity index (χ1) is 10.6. The smallest absolute Gasteiger partial charge is 0.409 e. The summed E-state index contributed by atoms with van der Waals surface area (Å²) >= 11 is 0. The van der Waals surface area contributed by atoms with Crippen LogP contribution in [0.25, 0.3) is 0 Å². The Labute approximate surface area is 131 Å². The number of pyridine rings is 1. The molecule has 0 atom stereocenters. The third-order valence-electron chi connectivity index (χ3n) is 3.47. The monoisotopic (exact) mass is 302 g/mol. The van der Waals surface area contributed by atoms with Crippen molar-refractivity contribution in [3.63, 3.8) is 0 Å². The molecule has 1 aliphatic rings. The van der Waals surface area contributed by atoms with Crippen molar-refractivity contribution >= 4 is 11.9 Å². The number of hydrogen-bond acceptors (Lipinski definition) is 5. The van der Waals surface area contributed by atoms with E-state index in [1.807, 2.05) is 26.0 Å². The van der Waals surface area contributed by atoms with Crippen LogP contribution in [-0.4, -0.2) is 48.8 Å². The topological polar surface area (TPSA) is 69.5 Å². The van der Waals surface area contributed by atoms with Crippen molar-refractivity contribution in [1.29, 1.82) is 5.26 Å². The number of anilines is 1. The van der Waals surface area contributed by atoms with Crippen molar-refractivity contribution in [3.8, 4) is 6.07 Å². The Balaban J connectivity index is 1.94. The number of hydrogen-bond donors (Lipinski definition) is 0. The Kier molecular flexibility index (Phi) is 5.59. The summed E-state index contributed by atoms with van der Waals surface area (Å²) in [5.74, 6) is 1.13. The quantitative estimate of drug-likeness (QED) is 0.856. The lowest BCUT2D eigenvalue weighted by molar-refractivity contribution is 0.0943. The Bertz CT molecular complexity index is 553. The fraction of sp³-hybridized carbons (Fsp3) is 0.562. The summed E-state index contributed by atoms with van der Waals surface area (Å²) < 4.78 is 5.29. The molecule has 0 aliphatic carbocycles. The summed E-state index contributed by atoms with van der Waals surface area (Å²) in [5.41, 5.74) is 0.412. The summed E-state index contributed by atoms with van der Waals surface area (Å²) in [4.78, 5) is 20.2. The first-order valence-corrected chi connectivity index (χ1v) is 7.64. The molecule has 0 aromatic carbocycles. The summed E-state index contributed by atoms with van der Waals surface area (Å²) in [6.45, 7) is 7.29. The molecule has 2 heterocycles. The highest BCUT2D eigenvalue weighted by atomic mass is 16.6. The number of aromatic nitrogens is 1. The molecule has 0 bridgehead atoms. The van der Waals surface area contributed by atoms with E-state index >= 15 is 0 Å². The number of ether oxygens (including phenoxy) is 1. The SMILES string of the molecule is CC(C)COC(=O)N1CCCN(c2cccc(C#N)n2)CC1. The van der Waals surface area contributed by atoms with E-state index in [1.54, 1.807) is 11.0 Å². The molecule has 1 amide bonds. The zero-order valence-electron chi connectivity index (χ0n) is 13.2. The van der Waals surface area contributed by atoms with E-state index < -0.39 is 0 Å². The molecule has 0 N–H and O–H groups in total. The molecule has 1 saturated heterocycles. The summed E-state index contributed by atoms with van der Waals surface area (Å²) in [6, 6.07) is 7.48. The van der Waals surface area contributed by atoms with Crippen LogP contribution in [0, 0.1) is 17.2 Å². The lowest BCUT2D eigenvalue weighted by atomic mass is 10.2. The first kappa shape index (κ1) is 16.1. The standard InChI is InChI=1S/C16H22N4O2/c1-13(2)12-22-16(21)20-8-4-7-19(9-10-20)15-6-3-5-14(11-17)18-15/h3,5-6,13H,4,7-10,12H2,1-2H3. The van der Waals surface area contributed by atoms with Gasteiger partial charge >= 0.3 is 6.09 Å². The van der Waals surface area contributed by atoms with Gasteiger partial charge in [-0.25, -0.2) is 9.78 Å². The molecule has 1 aromatic rings. The van der Waals surface area contributed by atoms with Gasteiger partial charge in [-0.2, -0.15) is 5.26 Å². The highest BCUT2D eigenvalue weighted by Crippen LogP contribution is 2.15. The molecule has 6 heteroatoms. The zero-order chi connectivity index (χ0) is 15.9. The normalized spacial score (nSPS) is 15.4. The van der Waals surface area contributed by atoms with Crippen LogP contribution < -0.4 is 4.90 Å². The molecular weight excluding hydrogens is 280 g/mol. The molecule has 1 aliphatic heterocycles. The van der Waals surface area contributed by atoms with Crippen LogP contribution in [0.5, 0.6) is 0 Å². The fourth-order valence-corrected chi connectivity index (χ4v) is 2.32. The van der Waals surface area contributed by atoms with Crippen molar-refractivity contribution in [2.45, 2.75) is 20.3 Å². The van der Waals surface area contributed by atoms with Gasteiger partial charge in [0.15, 0.2) is 0 Å². The van der Waals surface area contributed by atoms with Gasteiger partial charge in [0.2, 0.25) is 0 Å². The summed E-state index contributed by atoms with van der Waals surface area (Å²) in [6.07, 6.45) is 0.615. The minimum absolute atomic E-state index is 0.241. The second-order valence-electron chi connectivity index (χ2n) is 5.79. The van der Waals surface area contributed by atoms with Crippen LogP contribution in [0.4, 0.5) is 10.6 Å². The second kappa shape index (κ2) is 7.64. The van der Waals surface area contributed by atoms with E-state index in [0.29, 0.717) is 37.9 Å². The highest BCUT2D eigenvalue weighted by molar-refractivity contribution is 5.67. The maximum Gasteiger partial charge on any atom is 0.409 e. The van der Waals surface area contributed by atoms with E-state index in [4.69, 9.17) is 10.00 Å². The van der Waals surface area contributed by atoms with Crippen LogP contribution in [0.15, 0.2) is 18.2 Å². The number of nitriles is 1. The average Bonchev–Trinajstić information content (AvgIpc) is 2.78. The molecule has 1 fully saturated rings. The van der Waals surface area contributed by atoms with Crippen molar-refractivity contribution in [2.75, 3.05) is 37.7 Å². The van der Waals surface area contributed by atoms with E-state index in [2.05, 4.69) is 16.0 Å². The molecule has 22 heavy (non-hydrogen) atoms. The molecule has 6 nitrogen and oxygen atoms in total. The van der Waals surface area contributed by atoms with E-state index in [1.165, 1.54) is 0 Å². The number of carbonyl (C=O) groups is 1. The Morgan fingerprint density at radius 1 is 1.36 bits per heavy atom. The van der Waals surface area contributed by atoms with Gasteiger partial charge in [-0.05, 0) is 24.5 Å². The highest BCUT2D eigenvalue weighted by Gasteiger charge is 2.21. The number of rotatable bonds is 3. The molecule has 0 radical (unpaired) electrons. The fourth-order valence-electron chi connectivity index (χ4n) is 2.32. The van der Waals surface area contributed by atoms with Gasteiger partial charge in [0.05, 0.1) is 6.61 Å². The molecule has 0 unspecified atom stereocenters. The van der Waals surface area contributed by atoms with E-state index in [0.717, 1.165) is 18.8 Å². The van der Waals surface area contributed by atoms with Gasteiger partial charge in [0.25, 0.3) is 0 Å². The van der Waals surface area contributed by atoms with Crippen LogP contribution in [0.3, 0.4) is 0 Å². The molecule has 0 saturated carbocycles. The van der Waals surface area contributed by atoms with Gasteiger partial charge in [-0.15, -0.1) is 0 Å². The summed E-state index contributed by atoms with van der Waals surface area (Å²) in [5, 5.41) is 8.93. The third kappa shape index (κ3) is 4.35. The zero-order valence-corrected chi connectivity index (χ0v) is 13.2. The van der Waals surface area contributed by atoms with E-state index in [9.17, 15) is 4.79 Å². The maximum atomic E-state index is 12.0. The number of nitrogens with zero attached hydrogens (tertiary/aromatic N) is 4. The van der Waals surface area contributed by atoms with Crippen molar-refractivity contribution in [3.05, 3.63) is 23.9 Å². The van der Waals surface area contributed by atoms with Crippen molar-refractivity contribution in [1.82, 2.24) is 9.88 Å². The largest absolute Gasteiger partial charge is 0.449 e. The van der Waals surface area contributed by atoms with Crippen LogP contribution >= 0.6 is 0 Å². The van der Waals surface area contributed by atoms with Gasteiger partial charge in [0.1, 0.15) is 17.6 Å². The molecule has 2 rings (SSSR count). The Morgan fingerprint density at radius 2 is 2.18 bits per heavy atom. The van der Waals surface area contributed by atoms with Gasteiger partial charge in [0, 0.05) is 26.2 Å². The minimum Gasteiger partial charge on any atom is -0.449 e. The maximum absolute atomic E-state index is 12.0. The number of carbonyl (C=O) groups excluding carboxylic acids is 1. The second-order valence-corrected chi connectivity index (χ2v) is 5.79. The van der Waals surface area contributed by atoms with Crippen molar-refractivity contribution in [2.24, 2.45) is 5.92 Å². The van der Waals surface area contributed by atoms with Gasteiger partial charge in [-0.1, -0.05) is 19.9 Å². The van der Waals surface area contributed by atoms with Crippen LogP contribution in [-0.2, 0) is 4.74 Å². The van der Waals surface area contributed by atoms with Gasteiger partial charge in [-0.3, -0.25) is 0 Å². The number of amides is 1. The molecule has 0 spiro atoms. The third-order valence-corrected chi connectivity index (χ3v) is 3.47. The molecule has 1 aromatic heterocycles. The predicted octanol–water partition coefficient (Wildman–Crippen LogP) is 2.26.